The number of amides is 2. The second-order valence-corrected chi connectivity index (χ2v) is 7.87. The summed E-state index contributed by atoms with van der Waals surface area (Å²) in [6.07, 6.45) is 2.00. The van der Waals surface area contributed by atoms with Gasteiger partial charge in [-0.25, -0.2) is 15.6 Å². The predicted octanol–water partition coefficient (Wildman–Crippen LogP) is 0.847. The van der Waals surface area contributed by atoms with E-state index < -0.39 is 26.3 Å². The largest absolute Gasteiger partial charge is 0.355 e. The number of benzene rings is 2. The number of carbonyl (C=O) groups is 1. The smallest absolute Gasteiger partial charge is 0.282 e. The fourth-order valence-electron chi connectivity index (χ4n) is 1.99. The van der Waals surface area contributed by atoms with Crippen LogP contribution in [0.15, 0.2) is 68.5 Å². The molecule has 28 heavy (non-hydrogen) atoms. The number of hydrogen-bond donors (Lipinski definition) is 4. The van der Waals surface area contributed by atoms with E-state index in [0.717, 1.165) is 24.6 Å². The number of hydrazone groups is 2. The topological polar surface area (TPSA) is 175 Å². The van der Waals surface area contributed by atoms with Gasteiger partial charge in [0, 0.05) is 11.1 Å². The van der Waals surface area contributed by atoms with Gasteiger partial charge in [-0.15, -0.1) is 0 Å². The number of nitrogens with zero attached hydrogens (tertiary/aromatic N) is 2. The average Bonchev–Trinajstić information content (AvgIpc) is 2.61. The molecule has 148 valence electrons. The molecule has 11 nitrogen and oxygen atoms in total. The first-order valence-corrected chi connectivity index (χ1v) is 10.2. The van der Waals surface area contributed by atoms with E-state index in [1.165, 1.54) is 36.4 Å². The van der Waals surface area contributed by atoms with Gasteiger partial charge in [-0.2, -0.15) is 27.0 Å². The number of carbonyl (C=O) groups excluding carboxylic acids is 1. The first-order valence-electron chi connectivity index (χ1n) is 7.34. The zero-order valence-electron chi connectivity index (χ0n) is 13.9. The van der Waals surface area contributed by atoms with Gasteiger partial charge in [-0.05, 0) is 12.1 Å². The van der Waals surface area contributed by atoms with Crippen molar-refractivity contribution in [1.29, 1.82) is 0 Å². The summed E-state index contributed by atoms with van der Waals surface area (Å²) < 4.78 is 63.2. The fourth-order valence-corrected chi connectivity index (χ4v) is 3.33. The Labute approximate surface area is 160 Å². The molecule has 0 aliphatic carbocycles. The molecule has 2 aromatic rings. The first-order chi connectivity index (χ1) is 13.1. The van der Waals surface area contributed by atoms with Gasteiger partial charge < -0.3 is 0 Å². The molecule has 0 atom stereocenters. The Bertz CT molecular complexity index is 1050. The van der Waals surface area contributed by atoms with Crippen molar-refractivity contribution in [2.24, 2.45) is 10.2 Å². The van der Waals surface area contributed by atoms with Crippen molar-refractivity contribution in [2.75, 3.05) is 0 Å². The number of urea groups is 1. The van der Waals surface area contributed by atoms with E-state index in [9.17, 15) is 21.6 Å². The molecule has 0 saturated carbocycles. The zero-order valence-corrected chi connectivity index (χ0v) is 15.6. The van der Waals surface area contributed by atoms with Crippen LogP contribution in [0.5, 0.6) is 0 Å². The van der Waals surface area contributed by atoms with E-state index in [1.54, 1.807) is 0 Å². The quantitative estimate of drug-likeness (QED) is 0.301. The van der Waals surface area contributed by atoms with Crippen LogP contribution in [0.4, 0.5) is 4.79 Å². The highest BCUT2D eigenvalue weighted by Gasteiger charge is 2.14. The van der Waals surface area contributed by atoms with Crippen LogP contribution in [0.2, 0.25) is 0 Å². The molecule has 0 unspecified atom stereocenters. The summed E-state index contributed by atoms with van der Waals surface area (Å²) in [7, 11) is -8.92. The molecule has 0 saturated heterocycles. The molecule has 13 heteroatoms. The Hall–Kier alpha value is -3.13. The highest BCUT2D eigenvalue weighted by molar-refractivity contribution is 7.86. The summed E-state index contributed by atoms with van der Waals surface area (Å²) in [5, 5.41) is 7.05. The summed E-state index contributed by atoms with van der Waals surface area (Å²) >= 11 is 0. The van der Waals surface area contributed by atoms with Gasteiger partial charge >= 0.3 is 6.03 Å². The maximum atomic E-state index is 11.6. The van der Waals surface area contributed by atoms with Gasteiger partial charge in [0.25, 0.3) is 20.2 Å². The molecule has 0 radical (unpaired) electrons. The van der Waals surface area contributed by atoms with Crippen molar-refractivity contribution >= 4 is 38.7 Å². The van der Waals surface area contributed by atoms with Gasteiger partial charge in [-0.3, -0.25) is 9.11 Å². The Kier molecular flexibility index (Phi) is 6.58. The Morgan fingerprint density at radius 2 is 1.11 bits per heavy atom. The van der Waals surface area contributed by atoms with Crippen molar-refractivity contribution < 1.29 is 30.7 Å². The maximum absolute atomic E-state index is 11.6. The van der Waals surface area contributed by atoms with E-state index in [0.29, 0.717) is 0 Å². The van der Waals surface area contributed by atoms with E-state index >= 15 is 0 Å². The van der Waals surface area contributed by atoms with Crippen molar-refractivity contribution in [3.05, 3.63) is 59.7 Å². The molecule has 2 rings (SSSR count). The van der Waals surface area contributed by atoms with Crippen molar-refractivity contribution in [3.63, 3.8) is 0 Å². The Morgan fingerprint density at radius 3 is 1.46 bits per heavy atom. The molecule has 0 fully saturated rings. The number of hydrogen-bond acceptors (Lipinski definition) is 7. The summed E-state index contributed by atoms with van der Waals surface area (Å²) in [4.78, 5) is 10.8. The summed E-state index contributed by atoms with van der Waals surface area (Å²) in [6, 6.07) is 9.94. The van der Waals surface area contributed by atoms with E-state index in [1.807, 2.05) is 10.9 Å². The molecule has 0 aliphatic heterocycles. The second-order valence-electron chi connectivity index (χ2n) is 5.09. The van der Waals surface area contributed by atoms with Gasteiger partial charge in [0.1, 0.15) is 9.79 Å². The van der Waals surface area contributed by atoms with Crippen molar-refractivity contribution in [3.8, 4) is 0 Å². The van der Waals surface area contributed by atoms with E-state index in [4.69, 9.17) is 9.11 Å². The minimum atomic E-state index is -4.46. The normalized spacial score (nSPS) is 12.4. The lowest BCUT2D eigenvalue weighted by atomic mass is 10.2. The summed E-state index contributed by atoms with van der Waals surface area (Å²) in [5.74, 6) is 0. The highest BCUT2D eigenvalue weighted by Crippen LogP contribution is 2.13. The van der Waals surface area contributed by atoms with Gasteiger partial charge in [0.2, 0.25) is 0 Å². The van der Waals surface area contributed by atoms with Crippen LogP contribution >= 0.6 is 0 Å². The lowest BCUT2D eigenvalue weighted by Crippen LogP contribution is -2.28. The van der Waals surface area contributed by atoms with Crippen LogP contribution in [0.25, 0.3) is 0 Å². The lowest BCUT2D eigenvalue weighted by Gasteiger charge is -2.02. The molecular formula is C15H14N4O7S2. The third-order valence-electron chi connectivity index (χ3n) is 3.13. The predicted molar refractivity (Wildman–Crippen MR) is 99.4 cm³/mol. The number of nitrogens with one attached hydrogen (secondary N) is 2. The van der Waals surface area contributed by atoms with Gasteiger partial charge in [0.15, 0.2) is 0 Å². The molecule has 0 aliphatic rings. The van der Waals surface area contributed by atoms with Crippen molar-refractivity contribution in [1.82, 2.24) is 10.9 Å². The van der Waals surface area contributed by atoms with E-state index in [-0.39, 0.29) is 20.9 Å². The van der Waals surface area contributed by atoms with Crippen LogP contribution in [0.1, 0.15) is 11.1 Å². The summed E-state index contributed by atoms with van der Waals surface area (Å²) in [6.45, 7) is 0. The molecule has 2 aromatic carbocycles. The third-order valence-corrected chi connectivity index (χ3v) is 4.99. The standard InChI is InChI=1S/C15H14N4O7S2/c20-15(18-16-9-11-5-1-3-7-13(11)27(21,22)23)19-17-10-12-6-2-4-8-14(12)28(24,25)26/h1-10H,(H2,18,19,20)(H,21,22,23)(H,24,25,26)/b16-9-,17-10+. The van der Waals surface area contributed by atoms with Crippen LogP contribution in [-0.4, -0.2) is 44.4 Å². The average molecular weight is 426 g/mol. The SMILES string of the molecule is O=C(N/N=C\c1ccccc1S(=O)(=O)O)N/N=C/c1ccccc1S(=O)(=O)O. The van der Waals surface area contributed by atoms with Crippen LogP contribution in [0, 0.1) is 0 Å². The maximum Gasteiger partial charge on any atom is 0.355 e. The van der Waals surface area contributed by atoms with Gasteiger partial charge in [-0.1, -0.05) is 36.4 Å². The first kappa shape index (κ1) is 21.2. The Balaban J connectivity index is 2.02. The van der Waals surface area contributed by atoms with Crippen LogP contribution in [-0.2, 0) is 20.2 Å². The molecule has 4 N–H and O–H groups in total. The van der Waals surface area contributed by atoms with Crippen LogP contribution in [0.3, 0.4) is 0 Å². The monoisotopic (exact) mass is 426 g/mol. The van der Waals surface area contributed by atoms with Gasteiger partial charge in [0.05, 0.1) is 12.4 Å². The van der Waals surface area contributed by atoms with E-state index in [2.05, 4.69) is 10.2 Å². The minimum Gasteiger partial charge on any atom is -0.282 e. The number of rotatable bonds is 6. The Morgan fingerprint density at radius 1 is 0.750 bits per heavy atom. The second kappa shape index (κ2) is 8.71. The molecular weight excluding hydrogens is 412 g/mol. The molecule has 0 aromatic heterocycles. The summed E-state index contributed by atoms with van der Waals surface area (Å²) in [5.41, 5.74) is 4.08. The highest BCUT2D eigenvalue weighted by atomic mass is 32.2. The van der Waals surface area contributed by atoms with Crippen molar-refractivity contribution in [2.45, 2.75) is 9.79 Å². The molecule has 0 bridgehead atoms. The molecule has 0 spiro atoms. The van der Waals surface area contributed by atoms with Crippen LogP contribution < -0.4 is 10.9 Å². The fraction of sp³-hybridized carbons (Fsp3) is 0. The molecule has 2 amide bonds. The minimum absolute atomic E-state index is 0.0379. The lowest BCUT2D eigenvalue weighted by molar-refractivity contribution is 0.242. The zero-order chi connectivity index (χ0) is 20.8. The third kappa shape index (κ3) is 5.95. The molecule has 0 heterocycles.